The average Bonchev–Trinajstić information content (AvgIpc) is 3.33. The number of hydrogen-bond donors (Lipinski definition) is 2. The third-order valence-electron chi connectivity index (χ3n) is 6.48. The summed E-state index contributed by atoms with van der Waals surface area (Å²) in [6.07, 6.45) is -0.693. The fourth-order valence-corrected chi connectivity index (χ4v) is 5.90. The molecule has 2 N–H and O–H groups in total. The van der Waals surface area contributed by atoms with Crippen LogP contribution in [0.25, 0.3) is 11.1 Å². The van der Waals surface area contributed by atoms with Crippen LogP contribution in [0.15, 0.2) is 48.5 Å². The van der Waals surface area contributed by atoms with Crippen molar-refractivity contribution in [1.29, 1.82) is 0 Å². The van der Waals surface area contributed by atoms with Gasteiger partial charge in [0.1, 0.15) is 18.7 Å². The molecule has 2 aromatic carbocycles. The number of thioether (sulfide) groups is 1. The zero-order valence-electron chi connectivity index (χ0n) is 19.8. The first-order chi connectivity index (χ1) is 16.1. The number of aliphatic carboxylic acids is 1. The molecule has 1 heterocycles. The molecule has 1 saturated heterocycles. The van der Waals surface area contributed by atoms with Crippen LogP contribution in [0, 0.1) is 5.41 Å². The minimum absolute atomic E-state index is 0.0895. The minimum atomic E-state index is -1.04. The molecule has 7 nitrogen and oxygen atoms in total. The highest BCUT2D eigenvalue weighted by atomic mass is 32.2. The Morgan fingerprint density at radius 1 is 1.09 bits per heavy atom. The number of rotatable bonds is 5. The molecule has 2 aliphatic rings. The van der Waals surface area contributed by atoms with E-state index in [0.717, 1.165) is 22.3 Å². The zero-order chi connectivity index (χ0) is 24.6. The normalized spacial score (nSPS) is 20.4. The summed E-state index contributed by atoms with van der Waals surface area (Å²) >= 11 is 1.41. The van der Waals surface area contributed by atoms with Gasteiger partial charge in [0.25, 0.3) is 0 Å². The first-order valence-corrected chi connectivity index (χ1v) is 12.4. The van der Waals surface area contributed by atoms with E-state index in [-0.39, 0.29) is 17.9 Å². The fraction of sp³-hybridized carbons (Fsp3) is 0.423. The van der Waals surface area contributed by atoms with Gasteiger partial charge in [0, 0.05) is 11.7 Å². The Morgan fingerprint density at radius 2 is 1.65 bits per heavy atom. The van der Waals surface area contributed by atoms with Gasteiger partial charge in [0.2, 0.25) is 5.91 Å². The van der Waals surface area contributed by atoms with Crippen molar-refractivity contribution in [3.63, 3.8) is 0 Å². The summed E-state index contributed by atoms with van der Waals surface area (Å²) in [5, 5.41) is 12.0. The molecular formula is C26H30N2O5S. The van der Waals surface area contributed by atoms with Crippen molar-refractivity contribution in [2.45, 2.75) is 51.1 Å². The zero-order valence-corrected chi connectivity index (χ0v) is 20.6. The monoisotopic (exact) mass is 482 g/mol. The number of nitrogens with zero attached hydrogens (tertiary/aromatic N) is 1. The van der Waals surface area contributed by atoms with Crippen molar-refractivity contribution in [3.05, 3.63) is 59.7 Å². The third kappa shape index (κ3) is 4.51. The van der Waals surface area contributed by atoms with Crippen LogP contribution < -0.4 is 5.32 Å². The molecule has 3 atom stereocenters. The Labute approximate surface area is 203 Å². The van der Waals surface area contributed by atoms with Gasteiger partial charge in [-0.05, 0) is 34.6 Å². The lowest BCUT2D eigenvalue weighted by Gasteiger charge is -2.36. The SMILES string of the molecule is CC1SCC(C(=O)O)N1C(=O)[C@H](NC(=O)OCC1c2ccccc2-c2ccccc21)C(C)(C)C. The number of benzene rings is 2. The number of carboxylic acid groups (broad SMARTS) is 1. The van der Waals surface area contributed by atoms with Gasteiger partial charge in [-0.25, -0.2) is 9.59 Å². The Kier molecular flexibility index (Phi) is 6.62. The first kappa shape index (κ1) is 24.1. The van der Waals surface area contributed by atoms with Crippen molar-refractivity contribution in [2.75, 3.05) is 12.4 Å². The van der Waals surface area contributed by atoms with Gasteiger partial charge in [-0.3, -0.25) is 4.79 Å². The van der Waals surface area contributed by atoms with Gasteiger partial charge in [-0.2, -0.15) is 0 Å². The molecule has 2 aromatic rings. The van der Waals surface area contributed by atoms with E-state index in [1.165, 1.54) is 16.7 Å². The minimum Gasteiger partial charge on any atom is -0.480 e. The Balaban J connectivity index is 1.49. The highest BCUT2D eigenvalue weighted by Crippen LogP contribution is 2.44. The number of ether oxygens (including phenoxy) is 1. The largest absolute Gasteiger partial charge is 0.480 e. The van der Waals surface area contributed by atoms with Crippen LogP contribution in [0.2, 0.25) is 0 Å². The second-order valence-electron chi connectivity index (χ2n) is 9.80. The number of carbonyl (C=O) groups is 3. The second kappa shape index (κ2) is 9.33. The number of nitrogens with one attached hydrogen (secondary N) is 1. The maximum Gasteiger partial charge on any atom is 0.407 e. The summed E-state index contributed by atoms with van der Waals surface area (Å²) in [6, 6.07) is 14.3. The van der Waals surface area contributed by atoms with Crippen molar-refractivity contribution in [3.8, 4) is 11.1 Å². The highest BCUT2D eigenvalue weighted by Gasteiger charge is 2.45. The number of carbonyl (C=O) groups excluding carboxylic acids is 2. The van der Waals surface area contributed by atoms with Gasteiger partial charge < -0.3 is 20.1 Å². The van der Waals surface area contributed by atoms with E-state index >= 15 is 0 Å². The molecule has 1 fully saturated rings. The number of alkyl carbamates (subject to hydrolysis) is 1. The van der Waals surface area contributed by atoms with Crippen LogP contribution in [0.1, 0.15) is 44.7 Å². The standard InChI is InChI=1S/C26H30N2O5S/c1-15-28(21(14-34-15)24(30)31)23(29)22(26(2,3)4)27-25(32)33-13-20-18-11-7-5-9-16(18)17-10-6-8-12-19(17)20/h5-12,15,20-22H,13-14H2,1-4H3,(H,27,32)(H,30,31)/t15?,21?,22-/m0/s1. The predicted molar refractivity (Wildman–Crippen MR) is 132 cm³/mol. The van der Waals surface area contributed by atoms with Crippen LogP contribution in [0.3, 0.4) is 0 Å². The molecule has 8 heteroatoms. The predicted octanol–water partition coefficient (Wildman–Crippen LogP) is 4.31. The molecule has 0 spiro atoms. The highest BCUT2D eigenvalue weighted by molar-refractivity contribution is 8.00. The summed E-state index contributed by atoms with van der Waals surface area (Å²) in [7, 11) is 0. The molecule has 2 unspecified atom stereocenters. The van der Waals surface area contributed by atoms with Crippen LogP contribution in [-0.2, 0) is 14.3 Å². The molecule has 34 heavy (non-hydrogen) atoms. The van der Waals surface area contributed by atoms with Crippen LogP contribution in [0.4, 0.5) is 4.79 Å². The summed E-state index contributed by atoms with van der Waals surface area (Å²) in [5.74, 6) is -1.22. The fourth-order valence-electron chi connectivity index (χ4n) is 4.72. The quantitative estimate of drug-likeness (QED) is 0.659. The van der Waals surface area contributed by atoms with Crippen LogP contribution in [-0.4, -0.2) is 57.8 Å². The van der Waals surface area contributed by atoms with E-state index in [1.54, 1.807) is 6.92 Å². The van der Waals surface area contributed by atoms with Crippen LogP contribution in [0.5, 0.6) is 0 Å². The average molecular weight is 483 g/mol. The molecule has 4 rings (SSSR count). The molecule has 0 radical (unpaired) electrons. The maximum atomic E-state index is 13.4. The number of carboxylic acids is 1. The van der Waals surface area contributed by atoms with Gasteiger partial charge in [0.15, 0.2) is 0 Å². The number of hydrogen-bond acceptors (Lipinski definition) is 5. The molecule has 1 aliphatic carbocycles. The Bertz CT molecular complexity index is 1070. The Hall–Kier alpha value is -3.00. The summed E-state index contributed by atoms with van der Waals surface area (Å²) in [5.41, 5.74) is 3.84. The first-order valence-electron chi connectivity index (χ1n) is 11.4. The van der Waals surface area contributed by atoms with E-state index in [0.29, 0.717) is 5.75 Å². The number of fused-ring (bicyclic) bond motifs is 3. The molecule has 180 valence electrons. The van der Waals surface area contributed by atoms with Crippen molar-refractivity contribution in [1.82, 2.24) is 10.2 Å². The van der Waals surface area contributed by atoms with Crippen molar-refractivity contribution in [2.24, 2.45) is 5.41 Å². The lowest BCUT2D eigenvalue weighted by Crippen LogP contribution is -2.58. The lowest BCUT2D eigenvalue weighted by atomic mass is 9.85. The molecule has 1 aliphatic heterocycles. The van der Waals surface area contributed by atoms with Crippen molar-refractivity contribution < 1.29 is 24.2 Å². The molecule has 0 aromatic heterocycles. The summed E-state index contributed by atoms with van der Waals surface area (Å²) in [6.45, 7) is 7.45. The Morgan fingerprint density at radius 3 is 2.18 bits per heavy atom. The number of amides is 2. The van der Waals surface area contributed by atoms with Crippen LogP contribution >= 0.6 is 11.8 Å². The third-order valence-corrected chi connectivity index (χ3v) is 7.70. The van der Waals surface area contributed by atoms with Gasteiger partial charge in [-0.15, -0.1) is 11.8 Å². The second-order valence-corrected chi connectivity index (χ2v) is 11.2. The van der Waals surface area contributed by atoms with Gasteiger partial charge >= 0.3 is 12.1 Å². The summed E-state index contributed by atoms with van der Waals surface area (Å²) < 4.78 is 5.64. The van der Waals surface area contributed by atoms with E-state index in [9.17, 15) is 19.5 Å². The van der Waals surface area contributed by atoms with Gasteiger partial charge in [-0.1, -0.05) is 69.3 Å². The molecule has 0 bridgehead atoms. The molecular weight excluding hydrogens is 452 g/mol. The van der Waals surface area contributed by atoms with E-state index < -0.39 is 35.5 Å². The maximum absolute atomic E-state index is 13.4. The van der Waals surface area contributed by atoms with E-state index in [1.807, 2.05) is 57.2 Å². The van der Waals surface area contributed by atoms with Gasteiger partial charge in [0.05, 0.1) is 5.37 Å². The smallest absolute Gasteiger partial charge is 0.407 e. The summed E-state index contributed by atoms with van der Waals surface area (Å²) in [4.78, 5) is 39.3. The van der Waals surface area contributed by atoms with E-state index in [2.05, 4.69) is 17.4 Å². The lowest BCUT2D eigenvalue weighted by molar-refractivity contribution is -0.150. The van der Waals surface area contributed by atoms with Crippen molar-refractivity contribution >= 4 is 29.7 Å². The molecule has 2 amide bonds. The topological polar surface area (TPSA) is 95.9 Å². The van der Waals surface area contributed by atoms with E-state index in [4.69, 9.17) is 4.74 Å². The molecule has 0 saturated carbocycles.